The smallest absolute Gasteiger partial charge is 0.250 e. The molecule has 6 nitrogen and oxygen atoms in total. The summed E-state index contributed by atoms with van der Waals surface area (Å²) in [5.41, 5.74) is -0.405. The number of aromatic nitrogens is 1. The summed E-state index contributed by atoms with van der Waals surface area (Å²) in [4.78, 5) is 22.3. The molecule has 0 aliphatic carbocycles. The summed E-state index contributed by atoms with van der Waals surface area (Å²) in [7, 11) is -0.793. The molecular weight excluding hydrogens is 244 g/mol. The van der Waals surface area contributed by atoms with Crippen LogP contribution in [0.25, 0.3) is 0 Å². The van der Waals surface area contributed by atoms with E-state index in [1.54, 1.807) is 0 Å². The molecule has 1 aromatic heterocycles. The molecule has 0 bridgehead atoms. The van der Waals surface area contributed by atoms with Crippen molar-refractivity contribution in [3.05, 3.63) is 28.7 Å². The fraction of sp³-hybridized carbons (Fsp3) is 0.400. The number of hydrogen-bond donors (Lipinski definition) is 0. The Morgan fingerprint density at radius 2 is 1.94 bits per heavy atom. The summed E-state index contributed by atoms with van der Waals surface area (Å²) in [5.74, 6) is -0.216. The van der Waals surface area contributed by atoms with Gasteiger partial charge in [0.15, 0.2) is 0 Å². The van der Waals surface area contributed by atoms with Crippen LogP contribution >= 0.6 is 0 Å². The third kappa shape index (κ3) is 3.01. The van der Waals surface area contributed by atoms with Gasteiger partial charge in [0.2, 0.25) is 10.0 Å². The van der Waals surface area contributed by atoms with Crippen molar-refractivity contribution in [1.29, 1.82) is 0 Å². The van der Waals surface area contributed by atoms with E-state index in [-0.39, 0.29) is 17.2 Å². The lowest BCUT2D eigenvalue weighted by Gasteiger charge is -2.12. The molecule has 0 aromatic carbocycles. The van der Waals surface area contributed by atoms with Gasteiger partial charge in [0.1, 0.15) is 5.78 Å². The second-order valence-corrected chi connectivity index (χ2v) is 5.97. The Kier molecular flexibility index (Phi) is 3.84. The molecule has 0 amide bonds. The zero-order chi connectivity index (χ0) is 13.2. The van der Waals surface area contributed by atoms with E-state index in [2.05, 4.69) is 0 Å². The lowest BCUT2D eigenvalue weighted by atomic mass is 10.4. The van der Waals surface area contributed by atoms with Gasteiger partial charge in [0.25, 0.3) is 5.56 Å². The first-order chi connectivity index (χ1) is 7.75. The van der Waals surface area contributed by atoms with Crippen LogP contribution in [0.4, 0.5) is 0 Å². The Morgan fingerprint density at radius 1 is 1.35 bits per heavy atom. The normalized spacial score (nSPS) is 11.8. The lowest BCUT2D eigenvalue weighted by Crippen LogP contribution is -2.27. The number of pyridine rings is 1. The average Bonchev–Trinajstić information content (AvgIpc) is 2.20. The van der Waals surface area contributed by atoms with Crippen molar-refractivity contribution in [1.82, 2.24) is 8.87 Å². The minimum absolute atomic E-state index is 0.0108. The van der Waals surface area contributed by atoms with Crippen LogP contribution in [-0.2, 0) is 21.4 Å². The molecule has 7 heteroatoms. The van der Waals surface area contributed by atoms with Gasteiger partial charge >= 0.3 is 0 Å². The van der Waals surface area contributed by atoms with Gasteiger partial charge in [0, 0.05) is 26.4 Å². The predicted octanol–water partition coefficient (Wildman–Crippen LogP) is -0.312. The zero-order valence-electron chi connectivity index (χ0n) is 9.87. The first-order valence-corrected chi connectivity index (χ1v) is 6.31. The van der Waals surface area contributed by atoms with Gasteiger partial charge in [0.05, 0.1) is 11.4 Å². The number of carbonyl (C=O) groups is 1. The van der Waals surface area contributed by atoms with Crippen LogP contribution in [0.15, 0.2) is 28.0 Å². The van der Waals surface area contributed by atoms with Crippen LogP contribution in [0.2, 0.25) is 0 Å². The minimum Gasteiger partial charge on any atom is -0.307 e. The van der Waals surface area contributed by atoms with Crippen molar-refractivity contribution in [2.24, 2.45) is 0 Å². The molecule has 0 atom stereocenters. The van der Waals surface area contributed by atoms with Gasteiger partial charge in [-0.05, 0) is 13.0 Å². The number of nitrogens with zero attached hydrogens (tertiary/aromatic N) is 2. The second kappa shape index (κ2) is 4.80. The molecule has 1 aromatic rings. The third-order valence-corrected chi connectivity index (χ3v) is 3.93. The van der Waals surface area contributed by atoms with Crippen molar-refractivity contribution in [2.75, 3.05) is 14.1 Å². The van der Waals surface area contributed by atoms with Gasteiger partial charge < -0.3 is 4.57 Å². The highest BCUT2D eigenvalue weighted by molar-refractivity contribution is 7.89. The van der Waals surface area contributed by atoms with Crippen molar-refractivity contribution < 1.29 is 13.2 Å². The van der Waals surface area contributed by atoms with E-state index < -0.39 is 15.6 Å². The van der Waals surface area contributed by atoms with Gasteiger partial charge in [-0.3, -0.25) is 9.59 Å². The van der Waals surface area contributed by atoms with E-state index in [0.717, 1.165) is 14.9 Å². The Hall–Kier alpha value is -1.47. The molecular formula is C10H14N2O4S. The van der Waals surface area contributed by atoms with Gasteiger partial charge in [-0.15, -0.1) is 0 Å². The maximum Gasteiger partial charge on any atom is 0.250 e. The molecule has 94 valence electrons. The number of carbonyl (C=O) groups excluding carboxylic acids is 1. The first-order valence-electron chi connectivity index (χ1n) is 4.87. The molecule has 0 saturated heterocycles. The number of rotatable bonds is 4. The Morgan fingerprint density at radius 3 is 2.41 bits per heavy atom. The first kappa shape index (κ1) is 13.6. The van der Waals surface area contributed by atoms with Crippen molar-refractivity contribution in [3.63, 3.8) is 0 Å². The van der Waals surface area contributed by atoms with Gasteiger partial charge in [-0.2, -0.15) is 0 Å². The second-order valence-electron chi connectivity index (χ2n) is 3.82. The summed E-state index contributed by atoms with van der Waals surface area (Å²) in [6.07, 6.45) is 1.18. The Balaban J connectivity index is 3.31. The van der Waals surface area contributed by atoms with E-state index in [0.29, 0.717) is 0 Å². The molecule has 0 radical (unpaired) electrons. The summed E-state index contributed by atoms with van der Waals surface area (Å²) < 4.78 is 25.7. The van der Waals surface area contributed by atoms with E-state index in [9.17, 15) is 18.0 Å². The maximum atomic E-state index is 11.8. The predicted molar refractivity (Wildman–Crippen MR) is 62.3 cm³/mol. The molecule has 1 rings (SSSR count). The van der Waals surface area contributed by atoms with Crippen LogP contribution in [-0.4, -0.2) is 37.2 Å². The quantitative estimate of drug-likeness (QED) is 0.742. The highest BCUT2D eigenvalue weighted by Crippen LogP contribution is 2.10. The summed E-state index contributed by atoms with van der Waals surface area (Å²) >= 11 is 0. The van der Waals surface area contributed by atoms with Crippen molar-refractivity contribution >= 4 is 15.8 Å². The number of sulfonamides is 1. The van der Waals surface area contributed by atoms with Crippen LogP contribution in [0.3, 0.4) is 0 Å². The van der Waals surface area contributed by atoms with Crippen LogP contribution < -0.4 is 5.56 Å². The Labute approximate surface area is 99.5 Å². The summed E-state index contributed by atoms with van der Waals surface area (Å²) in [6.45, 7) is 1.20. The highest BCUT2D eigenvalue weighted by Gasteiger charge is 2.18. The summed E-state index contributed by atoms with van der Waals surface area (Å²) in [5, 5.41) is 0. The van der Waals surface area contributed by atoms with Crippen LogP contribution in [0.5, 0.6) is 0 Å². The van der Waals surface area contributed by atoms with Gasteiger partial charge in [-0.1, -0.05) is 0 Å². The molecule has 0 aliphatic rings. The fourth-order valence-electron chi connectivity index (χ4n) is 1.24. The molecule has 17 heavy (non-hydrogen) atoms. The van der Waals surface area contributed by atoms with Crippen molar-refractivity contribution in [3.8, 4) is 0 Å². The maximum absolute atomic E-state index is 11.8. The van der Waals surface area contributed by atoms with E-state index in [1.165, 1.54) is 33.3 Å². The standard InChI is InChI=1S/C10H14N2O4S/c1-8(13)6-12-7-9(4-5-10(12)14)17(15,16)11(2)3/h4-5,7H,6H2,1-3H3. The molecule has 0 aliphatic heterocycles. The average molecular weight is 258 g/mol. The molecule has 0 N–H and O–H groups in total. The number of Topliss-reactive ketones (excluding diaryl/α,β-unsaturated/α-hetero) is 1. The monoisotopic (exact) mass is 258 g/mol. The lowest BCUT2D eigenvalue weighted by molar-refractivity contribution is -0.117. The molecule has 0 saturated carbocycles. The zero-order valence-corrected chi connectivity index (χ0v) is 10.7. The number of hydrogen-bond acceptors (Lipinski definition) is 4. The highest BCUT2D eigenvalue weighted by atomic mass is 32.2. The summed E-state index contributed by atoms with van der Waals surface area (Å²) in [6, 6.07) is 2.37. The SMILES string of the molecule is CC(=O)Cn1cc(S(=O)(=O)N(C)C)ccc1=O. The van der Waals surface area contributed by atoms with E-state index in [4.69, 9.17) is 0 Å². The molecule has 0 unspecified atom stereocenters. The molecule has 0 spiro atoms. The number of ketones is 1. The Bertz CT molecular complexity index is 587. The molecule has 0 fully saturated rings. The molecule has 1 heterocycles. The third-order valence-electron chi connectivity index (χ3n) is 2.13. The fourth-order valence-corrected chi connectivity index (χ4v) is 2.16. The minimum atomic E-state index is -3.59. The van der Waals surface area contributed by atoms with Crippen LogP contribution in [0, 0.1) is 0 Å². The van der Waals surface area contributed by atoms with E-state index >= 15 is 0 Å². The van der Waals surface area contributed by atoms with E-state index in [1.807, 2.05) is 0 Å². The largest absolute Gasteiger partial charge is 0.307 e. The van der Waals surface area contributed by atoms with Crippen molar-refractivity contribution in [2.45, 2.75) is 18.4 Å². The van der Waals surface area contributed by atoms with Crippen LogP contribution in [0.1, 0.15) is 6.92 Å². The van der Waals surface area contributed by atoms with Gasteiger partial charge in [-0.25, -0.2) is 12.7 Å². The topological polar surface area (TPSA) is 76.5 Å².